The number of para-hydroxylation sites is 1. The minimum atomic E-state index is -0.357. The highest BCUT2D eigenvalue weighted by Crippen LogP contribution is 2.14. The maximum atomic E-state index is 13.5. The van der Waals surface area contributed by atoms with E-state index in [2.05, 4.69) is 20.3 Å². The smallest absolute Gasteiger partial charge is 0.194 e. The first-order chi connectivity index (χ1) is 12.1. The standard InChI is InChI=1S/C18H24FN5O.HI/c1-4-20-18(22-13-15-9-10-21-14(2)23-15)24(3)11-12-25-17-8-6-5-7-16(17)19;/h5-10H,4,11-13H2,1-3H3,(H,20,22);1H. The van der Waals surface area contributed by atoms with Gasteiger partial charge in [-0.25, -0.2) is 19.4 Å². The third-order valence-corrected chi connectivity index (χ3v) is 3.44. The van der Waals surface area contributed by atoms with E-state index >= 15 is 0 Å². The van der Waals surface area contributed by atoms with Crippen LogP contribution in [0.1, 0.15) is 18.4 Å². The van der Waals surface area contributed by atoms with Crippen molar-refractivity contribution < 1.29 is 9.13 Å². The summed E-state index contributed by atoms with van der Waals surface area (Å²) in [5, 5.41) is 3.23. The van der Waals surface area contributed by atoms with Crippen LogP contribution in [0.25, 0.3) is 0 Å². The lowest BCUT2D eigenvalue weighted by Gasteiger charge is -2.22. The Morgan fingerprint density at radius 3 is 2.77 bits per heavy atom. The van der Waals surface area contributed by atoms with Crippen molar-refractivity contribution in [2.45, 2.75) is 20.4 Å². The summed E-state index contributed by atoms with van der Waals surface area (Å²) >= 11 is 0. The van der Waals surface area contributed by atoms with Gasteiger partial charge in [-0.3, -0.25) is 0 Å². The lowest BCUT2D eigenvalue weighted by atomic mass is 10.3. The number of hydrogen-bond acceptors (Lipinski definition) is 4. The number of aliphatic imine (C=N–C) groups is 1. The minimum Gasteiger partial charge on any atom is -0.489 e. The molecule has 1 N–H and O–H groups in total. The Morgan fingerprint density at radius 2 is 2.08 bits per heavy atom. The maximum Gasteiger partial charge on any atom is 0.194 e. The molecule has 0 aliphatic rings. The summed E-state index contributed by atoms with van der Waals surface area (Å²) in [7, 11) is 1.91. The molecule has 0 fully saturated rings. The first-order valence-corrected chi connectivity index (χ1v) is 8.25. The van der Waals surface area contributed by atoms with E-state index in [0.717, 1.165) is 24.0 Å². The molecule has 1 aromatic heterocycles. The van der Waals surface area contributed by atoms with Gasteiger partial charge in [-0.05, 0) is 32.0 Å². The normalized spacial score (nSPS) is 10.8. The molecule has 2 rings (SSSR count). The number of aromatic nitrogens is 2. The maximum absolute atomic E-state index is 13.5. The van der Waals surface area contributed by atoms with Crippen molar-refractivity contribution in [1.82, 2.24) is 20.2 Å². The summed E-state index contributed by atoms with van der Waals surface area (Å²) in [5.41, 5.74) is 0.860. The van der Waals surface area contributed by atoms with Crippen molar-refractivity contribution in [3.8, 4) is 5.75 Å². The van der Waals surface area contributed by atoms with Crippen LogP contribution >= 0.6 is 24.0 Å². The minimum absolute atomic E-state index is 0. The molecule has 0 saturated heterocycles. The van der Waals surface area contributed by atoms with E-state index in [9.17, 15) is 4.39 Å². The molecule has 8 heteroatoms. The monoisotopic (exact) mass is 473 g/mol. The zero-order valence-corrected chi connectivity index (χ0v) is 17.6. The fourth-order valence-electron chi connectivity index (χ4n) is 2.18. The molecule has 1 heterocycles. The third kappa shape index (κ3) is 7.11. The number of nitrogens with one attached hydrogen (secondary N) is 1. The Hall–Kier alpha value is -1.97. The number of halogens is 2. The van der Waals surface area contributed by atoms with Gasteiger partial charge in [0.05, 0.1) is 18.8 Å². The molecule has 0 amide bonds. The SMILES string of the molecule is CCNC(=NCc1ccnc(C)n1)N(C)CCOc1ccccc1F.I. The number of nitrogens with zero attached hydrogens (tertiary/aromatic N) is 4. The quantitative estimate of drug-likeness (QED) is 0.381. The Balaban J connectivity index is 0.00000338. The highest BCUT2D eigenvalue weighted by molar-refractivity contribution is 14.0. The van der Waals surface area contributed by atoms with Gasteiger partial charge in [0, 0.05) is 19.8 Å². The average Bonchev–Trinajstić information content (AvgIpc) is 2.60. The number of aryl methyl sites for hydroxylation is 1. The summed E-state index contributed by atoms with van der Waals surface area (Å²) in [6.45, 7) is 6.00. The van der Waals surface area contributed by atoms with Crippen LogP contribution < -0.4 is 10.1 Å². The van der Waals surface area contributed by atoms with Crippen LogP contribution in [-0.4, -0.2) is 47.6 Å². The van der Waals surface area contributed by atoms with Gasteiger partial charge in [-0.1, -0.05) is 12.1 Å². The third-order valence-electron chi connectivity index (χ3n) is 3.44. The molecule has 0 radical (unpaired) electrons. The van der Waals surface area contributed by atoms with Gasteiger partial charge in [0.15, 0.2) is 17.5 Å². The van der Waals surface area contributed by atoms with Gasteiger partial charge < -0.3 is 15.0 Å². The number of benzene rings is 1. The second-order valence-corrected chi connectivity index (χ2v) is 5.47. The molecule has 1 aromatic carbocycles. The fourth-order valence-corrected chi connectivity index (χ4v) is 2.18. The molecule has 26 heavy (non-hydrogen) atoms. The Kier molecular flexibility index (Phi) is 9.85. The highest BCUT2D eigenvalue weighted by Gasteiger charge is 2.07. The molecule has 6 nitrogen and oxygen atoms in total. The highest BCUT2D eigenvalue weighted by atomic mass is 127. The average molecular weight is 473 g/mol. The molecule has 0 atom stereocenters. The molecule has 0 aliphatic carbocycles. The van der Waals surface area contributed by atoms with E-state index in [-0.39, 0.29) is 35.5 Å². The molecular weight excluding hydrogens is 448 g/mol. The van der Waals surface area contributed by atoms with E-state index in [1.807, 2.05) is 31.9 Å². The van der Waals surface area contributed by atoms with E-state index < -0.39 is 0 Å². The van der Waals surface area contributed by atoms with E-state index in [1.54, 1.807) is 24.4 Å². The second-order valence-electron chi connectivity index (χ2n) is 5.47. The number of hydrogen-bond donors (Lipinski definition) is 1. The lowest BCUT2D eigenvalue weighted by molar-refractivity contribution is 0.270. The van der Waals surface area contributed by atoms with Crippen molar-refractivity contribution in [3.05, 3.63) is 53.9 Å². The number of likely N-dealkylation sites (N-methyl/N-ethyl adjacent to an activating group) is 1. The topological polar surface area (TPSA) is 62.6 Å². The Labute approximate surface area is 170 Å². The first kappa shape index (κ1) is 22.1. The summed E-state index contributed by atoms with van der Waals surface area (Å²) in [6, 6.07) is 8.23. The number of rotatable bonds is 7. The molecule has 0 spiro atoms. The van der Waals surface area contributed by atoms with Crippen molar-refractivity contribution >= 4 is 29.9 Å². The summed E-state index contributed by atoms with van der Waals surface area (Å²) in [5.74, 6) is 1.37. The summed E-state index contributed by atoms with van der Waals surface area (Å²) < 4.78 is 19.0. The van der Waals surface area contributed by atoms with Gasteiger partial charge in [0.2, 0.25) is 0 Å². The van der Waals surface area contributed by atoms with Gasteiger partial charge >= 0.3 is 0 Å². The molecule has 0 bridgehead atoms. The van der Waals surface area contributed by atoms with Crippen LogP contribution in [0.15, 0.2) is 41.5 Å². The summed E-state index contributed by atoms with van der Waals surface area (Å²) in [6.07, 6.45) is 1.73. The Morgan fingerprint density at radius 1 is 1.31 bits per heavy atom. The molecular formula is C18H25FIN5O. The number of ether oxygens (including phenoxy) is 1. The van der Waals surface area contributed by atoms with Crippen molar-refractivity contribution in [3.63, 3.8) is 0 Å². The van der Waals surface area contributed by atoms with Crippen LogP contribution in [-0.2, 0) is 6.54 Å². The van der Waals surface area contributed by atoms with Crippen LogP contribution in [0, 0.1) is 12.7 Å². The van der Waals surface area contributed by atoms with Gasteiger partial charge in [-0.15, -0.1) is 24.0 Å². The van der Waals surface area contributed by atoms with Crippen LogP contribution in [0.2, 0.25) is 0 Å². The van der Waals surface area contributed by atoms with Crippen LogP contribution in [0.5, 0.6) is 5.75 Å². The molecule has 142 valence electrons. The largest absolute Gasteiger partial charge is 0.489 e. The molecule has 2 aromatic rings. The second kappa shape index (κ2) is 11.6. The van der Waals surface area contributed by atoms with Gasteiger partial charge in [0.25, 0.3) is 0 Å². The van der Waals surface area contributed by atoms with Gasteiger partial charge in [-0.2, -0.15) is 0 Å². The Bertz CT molecular complexity index is 713. The van der Waals surface area contributed by atoms with Crippen LogP contribution in [0.3, 0.4) is 0 Å². The zero-order chi connectivity index (χ0) is 18.1. The lowest BCUT2D eigenvalue weighted by Crippen LogP contribution is -2.40. The van der Waals surface area contributed by atoms with Crippen LogP contribution in [0.4, 0.5) is 4.39 Å². The van der Waals surface area contributed by atoms with Crippen molar-refractivity contribution in [2.24, 2.45) is 4.99 Å². The zero-order valence-electron chi connectivity index (χ0n) is 15.3. The fraction of sp³-hybridized carbons (Fsp3) is 0.389. The van der Waals surface area contributed by atoms with Crippen molar-refractivity contribution in [2.75, 3.05) is 26.7 Å². The predicted octanol–water partition coefficient (Wildman–Crippen LogP) is 3.02. The molecule has 0 unspecified atom stereocenters. The molecule has 0 saturated carbocycles. The molecule has 0 aliphatic heterocycles. The predicted molar refractivity (Wildman–Crippen MR) is 112 cm³/mol. The first-order valence-electron chi connectivity index (χ1n) is 8.25. The van der Waals surface area contributed by atoms with Crippen molar-refractivity contribution in [1.29, 1.82) is 0 Å². The van der Waals surface area contributed by atoms with E-state index in [0.29, 0.717) is 19.7 Å². The number of guanidine groups is 1. The van der Waals surface area contributed by atoms with Gasteiger partial charge in [0.1, 0.15) is 12.4 Å². The van der Waals surface area contributed by atoms with E-state index in [1.165, 1.54) is 6.07 Å². The van der Waals surface area contributed by atoms with E-state index in [4.69, 9.17) is 4.74 Å². The summed E-state index contributed by atoms with van der Waals surface area (Å²) in [4.78, 5) is 14.9.